The first-order valence-corrected chi connectivity index (χ1v) is 9.87. The number of rotatable bonds is 9. The van der Waals surface area contributed by atoms with E-state index in [1.165, 1.54) is 24.5 Å². The van der Waals surface area contributed by atoms with E-state index in [0.717, 1.165) is 14.0 Å². The highest BCUT2D eigenvalue weighted by Crippen LogP contribution is 2.45. The molecule has 1 aromatic rings. The third-order valence-corrected chi connectivity index (χ3v) is 6.26. The molecule has 1 unspecified atom stereocenters. The zero-order valence-electron chi connectivity index (χ0n) is 14.9. The highest BCUT2D eigenvalue weighted by atomic mass is 35.5. The Morgan fingerprint density at radius 3 is 2.57 bits per heavy atom. The molecular weight excluding hydrogens is 427 g/mol. The Bertz CT molecular complexity index is 788. The van der Waals surface area contributed by atoms with Crippen LogP contribution in [-0.4, -0.2) is 54.1 Å². The van der Waals surface area contributed by atoms with E-state index in [0.29, 0.717) is 12.8 Å². The number of hydrogen-bond donors (Lipinski definition) is 1. The molecule has 13 heteroatoms. The van der Waals surface area contributed by atoms with E-state index >= 15 is 0 Å². The second-order valence-corrected chi connectivity index (χ2v) is 8.91. The lowest BCUT2D eigenvalue weighted by atomic mass is 10.1. The van der Waals surface area contributed by atoms with E-state index in [4.69, 9.17) is 16.4 Å². The van der Waals surface area contributed by atoms with Gasteiger partial charge >= 0.3 is 15.5 Å². The van der Waals surface area contributed by atoms with Crippen LogP contribution in [0, 0.1) is 5.92 Å². The summed E-state index contributed by atoms with van der Waals surface area (Å²) in [4.78, 5) is 19.0. The van der Waals surface area contributed by atoms with Crippen molar-refractivity contribution in [3.63, 3.8) is 0 Å². The first-order chi connectivity index (χ1) is 12.9. The molecule has 8 nitrogen and oxygen atoms in total. The van der Waals surface area contributed by atoms with Crippen molar-refractivity contribution in [3.8, 4) is 0 Å². The molecule has 0 aromatic carbocycles. The summed E-state index contributed by atoms with van der Waals surface area (Å²) in [6, 6.07) is 2.96. The summed E-state index contributed by atoms with van der Waals surface area (Å²) in [7, 11) is -4.80. The van der Waals surface area contributed by atoms with Crippen molar-refractivity contribution in [2.75, 3.05) is 13.8 Å². The first kappa shape index (κ1) is 22.8. The first-order valence-electron chi connectivity index (χ1n) is 8.06. The number of carbonyl (C=O) groups excluding carboxylic acids is 1. The molecule has 0 aliphatic heterocycles. The molecule has 1 saturated carbocycles. The summed E-state index contributed by atoms with van der Waals surface area (Å²) < 4.78 is 67.8. The van der Waals surface area contributed by atoms with Crippen LogP contribution in [0.1, 0.15) is 30.1 Å². The van der Waals surface area contributed by atoms with Crippen molar-refractivity contribution in [3.05, 3.63) is 30.1 Å². The summed E-state index contributed by atoms with van der Waals surface area (Å²) in [5, 5.41) is 0. The number of aromatic nitrogens is 1. The molecule has 0 spiro atoms. The van der Waals surface area contributed by atoms with E-state index in [-0.39, 0.29) is 15.8 Å². The van der Waals surface area contributed by atoms with Gasteiger partial charge in [0.05, 0.1) is 5.56 Å². The third kappa shape index (κ3) is 4.92. The minimum Gasteiger partial charge on any atom is -0.368 e. The van der Waals surface area contributed by atoms with Crippen LogP contribution < -0.4 is 5.48 Å². The second kappa shape index (κ2) is 8.49. The van der Waals surface area contributed by atoms with Crippen molar-refractivity contribution in [2.45, 2.75) is 36.4 Å². The maximum Gasteiger partial charge on any atom is 0.511 e. The van der Waals surface area contributed by atoms with Gasteiger partial charge < -0.3 is 4.74 Å². The fourth-order valence-electron chi connectivity index (χ4n) is 2.52. The number of amides is 1. The van der Waals surface area contributed by atoms with Crippen LogP contribution in [-0.2, 0) is 19.6 Å². The van der Waals surface area contributed by atoms with Crippen molar-refractivity contribution in [1.29, 1.82) is 0 Å². The number of hydrogen-bond acceptors (Lipinski definition) is 6. The molecule has 1 N–H and O–H groups in total. The maximum atomic E-state index is 13.1. The lowest BCUT2D eigenvalue weighted by Gasteiger charge is -2.39. The highest BCUT2D eigenvalue weighted by molar-refractivity contribution is 7.90. The molecule has 1 fully saturated rings. The predicted molar refractivity (Wildman–Crippen MR) is 92.2 cm³/mol. The smallest absolute Gasteiger partial charge is 0.368 e. The van der Waals surface area contributed by atoms with Gasteiger partial charge in [0.25, 0.3) is 5.91 Å². The Labute approximate surface area is 165 Å². The average Bonchev–Trinajstić information content (AvgIpc) is 3.43. The minimum atomic E-state index is -5.83. The van der Waals surface area contributed by atoms with Gasteiger partial charge in [-0.2, -0.15) is 13.2 Å². The molecule has 2 atom stereocenters. The van der Waals surface area contributed by atoms with Crippen LogP contribution in [0.5, 0.6) is 0 Å². The Hall–Kier alpha value is -1.47. The Kier molecular flexibility index (Phi) is 6.92. The summed E-state index contributed by atoms with van der Waals surface area (Å²) in [5.41, 5.74) is -3.34. The lowest BCUT2D eigenvalue weighted by molar-refractivity contribution is -0.0879. The molecule has 1 aromatic heterocycles. The largest absolute Gasteiger partial charge is 0.511 e. The van der Waals surface area contributed by atoms with Crippen LogP contribution >= 0.6 is 11.6 Å². The number of alkyl halides is 4. The number of nitrogens with one attached hydrogen (secondary N) is 1. The molecule has 28 heavy (non-hydrogen) atoms. The molecule has 0 radical (unpaired) electrons. The van der Waals surface area contributed by atoms with E-state index in [1.54, 1.807) is 0 Å². The van der Waals surface area contributed by atoms with E-state index < -0.39 is 39.3 Å². The van der Waals surface area contributed by atoms with Crippen molar-refractivity contribution >= 4 is 27.5 Å². The van der Waals surface area contributed by atoms with Gasteiger partial charge in [-0.25, -0.2) is 13.9 Å². The normalized spacial score (nSPS) is 18.5. The summed E-state index contributed by atoms with van der Waals surface area (Å²) in [6.07, 6.45) is 2.54. The SMILES string of the molecule is COCN([C@@](C)(Cl)C(ONC(=O)c1cccnc1)C1CC1)S(=O)(=O)C(F)(F)F. The van der Waals surface area contributed by atoms with Crippen LogP contribution in [0.15, 0.2) is 24.5 Å². The molecule has 1 aliphatic rings. The zero-order valence-corrected chi connectivity index (χ0v) is 16.5. The molecular formula is C15H19ClF3N3O5S. The molecule has 1 amide bonds. The molecule has 0 bridgehead atoms. The number of pyridine rings is 1. The van der Waals surface area contributed by atoms with E-state index in [1.807, 2.05) is 0 Å². The van der Waals surface area contributed by atoms with E-state index in [2.05, 4.69) is 15.2 Å². The molecule has 1 aliphatic carbocycles. The van der Waals surface area contributed by atoms with Gasteiger partial charge in [0.2, 0.25) is 0 Å². The van der Waals surface area contributed by atoms with Gasteiger partial charge in [0.15, 0.2) is 0 Å². The van der Waals surface area contributed by atoms with Gasteiger partial charge in [0, 0.05) is 19.5 Å². The van der Waals surface area contributed by atoms with Crippen molar-refractivity contribution in [2.24, 2.45) is 5.92 Å². The van der Waals surface area contributed by atoms with Crippen LogP contribution in [0.2, 0.25) is 0 Å². The number of ether oxygens (including phenoxy) is 1. The number of nitrogens with zero attached hydrogens (tertiary/aromatic N) is 2. The topological polar surface area (TPSA) is 97.8 Å². The van der Waals surface area contributed by atoms with Crippen LogP contribution in [0.25, 0.3) is 0 Å². The molecule has 158 valence electrons. The van der Waals surface area contributed by atoms with Crippen molar-refractivity contribution < 1.29 is 36.0 Å². The number of halogens is 4. The Morgan fingerprint density at radius 2 is 2.11 bits per heavy atom. The molecule has 2 rings (SSSR count). The van der Waals surface area contributed by atoms with Gasteiger partial charge in [-0.1, -0.05) is 11.6 Å². The van der Waals surface area contributed by atoms with Crippen LogP contribution in [0.3, 0.4) is 0 Å². The number of methoxy groups -OCH3 is 1. The van der Waals surface area contributed by atoms with Crippen molar-refractivity contribution in [1.82, 2.24) is 14.8 Å². The molecule has 0 saturated heterocycles. The quantitative estimate of drug-likeness (QED) is 0.271. The number of sulfonamides is 1. The Balaban J connectivity index is 2.25. The predicted octanol–water partition coefficient (Wildman–Crippen LogP) is 2.23. The lowest BCUT2D eigenvalue weighted by Crippen LogP contribution is -2.59. The summed E-state index contributed by atoms with van der Waals surface area (Å²) >= 11 is 6.28. The fourth-order valence-corrected chi connectivity index (χ4v) is 4.13. The minimum absolute atomic E-state index is 0.0270. The second-order valence-electron chi connectivity index (χ2n) is 6.29. The van der Waals surface area contributed by atoms with Gasteiger partial charge in [-0.3, -0.25) is 14.6 Å². The maximum absolute atomic E-state index is 13.1. The zero-order chi connectivity index (χ0) is 21.2. The monoisotopic (exact) mass is 445 g/mol. The Morgan fingerprint density at radius 1 is 1.46 bits per heavy atom. The van der Waals surface area contributed by atoms with Gasteiger partial charge in [-0.15, -0.1) is 4.31 Å². The number of hydroxylamine groups is 1. The molecule has 1 heterocycles. The summed E-state index contributed by atoms with van der Waals surface area (Å²) in [6.45, 7) is 0.112. The van der Waals surface area contributed by atoms with E-state index in [9.17, 15) is 26.4 Å². The third-order valence-electron chi connectivity index (χ3n) is 4.09. The number of carbonyl (C=O) groups is 1. The highest BCUT2D eigenvalue weighted by Gasteiger charge is 2.59. The summed E-state index contributed by atoms with van der Waals surface area (Å²) in [5.74, 6) is -1.05. The average molecular weight is 446 g/mol. The van der Waals surface area contributed by atoms with Crippen LogP contribution in [0.4, 0.5) is 13.2 Å². The van der Waals surface area contributed by atoms with Gasteiger partial charge in [0.1, 0.15) is 17.8 Å². The fraction of sp³-hybridized carbons (Fsp3) is 0.600. The standard InChI is InChI=1S/C15H19ClF3N3O5S/c1-14(16,22(9-26-2)28(24,25)15(17,18)19)12(10-5-6-10)27-21-13(23)11-4-3-7-20-8-11/h3-4,7-8,10,12H,5-6,9H2,1-2H3,(H,21,23)/t12?,14-/m1/s1. The van der Waals surface area contributed by atoms with Gasteiger partial charge in [-0.05, 0) is 37.8 Å².